The van der Waals surface area contributed by atoms with Crippen LogP contribution in [-0.4, -0.2) is 41.9 Å². The van der Waals surface area contributed by atoms with Gasteiger partial charge in [0.25, 0.3) is 0 Å². The maximum absolute atomic E-state index is 9.03. The highest BCUT2D eigenvalue weighted by Gasteiger charge is 2.14. The molecule has 0 saturated heterocycles. The number of hydrogen-bond acceptors (Lipinski definition) is 7. The van der Waals surface area contributed by atoms with Crippen molar-refractivity contribution in [3.8, 4) is 22.9 Å². The average Bonchev–Trinajstić information content (AvgIpc) is 2.92. The second-order valence-electron chi connectivity index (χ2n) is 8.06. The molecule has 34 heavy (non-hydrogen) atoms. The lowest BCUT2D eigenvalue weighted by Gasteiger charge is -2.19. The number of likely N-dealkylation sites (N-methyl/N-ethyl adjacent to an activating group) is 1. The van der Waals surface area contributed by atoms with Crippen LogP contribution >= 0.6 is 0 Å². The van der Waals surface area contributed by atoms with Crippen molar-refractivity contribution in [3.63, 3.8) is 0 Å². The molecule has 0 atom stereocenters. The molecule has 0 bridgehead atoms. The topological polar surface area (TPSA) is 85.9 Å². The van der Waals surface area contributed by atoms with Crippen LogP contribution < -0.4 is 10.1 Å². The molecule has 1 aliphatic rings. The minimum atomic E-state index is 0.448. The number of aromatic nitrogens is 1. The first-order valence-electron chi connectivity index (χ1n) is 11.0. The number of ether oxygens (including phenoxy) is 1. The third kappa shape index (κ3) is 5.67. The molecular weight excluding hydrogens is 424 g/mol. The highest BCUT2D eigenvalue weighted by molar-refractivity contribution is 6.02. The molecule has 0 fully saturated rings. The van der Waals surface area contributed by atoms with E-state index in [1.165, 1.54) is 0 Å². The number of anilines is 1. The quantitative estimate of drug-likeness (QED) is 0.611. The summed E-state index contributed by atoms with van der Waals surface area (Å²) in [5.41, 5.74) is 5.66. The van der Waals surface area contributed by atoms with Gasteiger partial charge in [0.1, 0.15) is 5.75 Å². The van der Waals surface area contributed by atoms with Gasteiger partial charge in [0.2, 0.25) is 11.9 Å². The minimum Gasteiger partial charge on any atom is -0.440 e. The Hall–Kier alpha value is -4.44. The number of nitrogens with zero attached hydrogens (tertiary/aromatic N) is 5. The first-order valence-corrected chi connectivity index (χ1v) is 11.0. The second kappa shape index (κ2) is 10.5. The van der Waals surface area contributed by atoms with Gasteiger partial charge in [0.05, 0.1) is 24.7 Å². The predicted molar refractivity (Wildman–Crippen MR) is 136 cm³/mol. The number of hydrogen-bond donors (Lipinski definition) is 1. The standard InChI is InChI=1S/C27H26N6O/c1-19-15-23(22-9-12-29-13-10-22)16-20(2)26(19)34-25-18-33(3)14-4-11-30-27(32-25)31-24-7-5-21(17-28)6-8-24/h4-10,12-16H,11,18H2,1-3H3,(H,30,31)/b14-4-,32-25+. The molecular formula is C27H26N6O. The van der Waals surface area contributed by atoms with E-state index in [-0.39, 0.29) is 0 Å². The van der Waals surface area contributed by atoms with Crippen molar-refractivity contribution in [1.82, 2.24) is 9.88 Å². The van der Waals surface area contributed by atoms with E-state index in [0.29, 0.717) is 30.5 Å². The molecule has 170 valence electrons. The summed E-state index contributed by atoms with van der Waals surface area (Å²) >= 11 is 0. The molecule has 0 radical (unpaired) electrons. The number of aryl methyl sites for hydroxylation is 2. The van der Waals surface area contributed by atoms with Crippen LogP contribution in [0.1, 0.15) is 16.7 Å². The van der Waals surface area contributed by atoms with Gasteiger partial charge in [-0.15, -0.1) is 0 Å². The third-order valence-corrected chi connectivity index (χ3v) is 5.29. The molecule has 0 spiro atoms. The van der Waals surface area contributed by atoms with Crippen molar-refractivity contribution in [2.45, 2.75) is 13.8 Å². The largest absolute Gasteiger partial charge is 0.440 e. The number of aliphatic imine (C=N–C) groups is 2. The van der Waals surface area contributed by atoms with Crippen LogP contribution in [0.25, 0.3) is 11.1 Å². The molecule has 1 N–H and O–H groups in total. The second-order valence-corrected chi connectivity index (χ2v) is 8.06. The van der Waals surface area contributed by atoms with Crippen molar-refractivity contribution in [2.75, 3.05) is 25.5 Å². The fourth-order valence-corrected chi connectivity index (χ4v) is 3.64. The summed E-state index contributed by atoms with van der Waals surface area (Å²) in [4.78, 5) is 15.4. The smallest absolute Gasteiger partial charge is 0.225 e. The molecule has 7 heteroatoms. The number of benzene rings is 2. The van der Waals surface area contributed by atoms with Crippen molar-refractivity contribution in [2.24, 2.45) is 9.98 Å². The summed E-state index contributed by atoms with van der Waals surface area (Å²) in [6.45, 7) is 5.04. The van der Waals surface area contributed by atoms with Crippen molar-refractivity contribution in [1.29, 1.82) is 5.26 Å². The lowest BCUT2D eigenvalue weighted by Crippen LogP contribution is -2.27. The van der Waals surface area contributed by atoms with E-state index >= 15 is 0 Å². The number of nitriles is 1. The number of nitrogens with one attached hydrogen (secondary N) is 1. The van der Waals surface area contributed by atoms with Crippen LogP contribution in [0, 0.1) is 25.2 Å². The molecule has 0 unspecified atom stereocenters. The molecule has 0 amide bonds. The first kappa shape index (κ1) is 22.7. The van der Waals surface area contributed by atoms with Crippen LogP contribution in [0.15, 0.2) is 83.2 Å². The van der Waals surface area contributed by atoms with Crippen LogP contribution in [-0.2, 0) is 0 Å². The molecule has 7 nitrogen and oxygen atoms in total. The van der Waals surface area contributed by atoms with Crippen molar-refractivity contribution < 1.29 is 4.74 Å². The summed E-state index contributed by atoms with van der Waals surface area (Å²) in [5, 5.41) is 12.3. The summed E-state index contributed by atoms with van der Waals surface area (Å²) in [7, 11) is 1.97. The summed E-state index contributed by atoms with van der Waals surface area (Å²) in [5.74, 6) is 1.76. The van der Waals surface area contributed by atoms with E-state index < -0.39 is 0 Å². The maximum Gasteiger partial charge on any atom is 0.225 e. The van der Waals surface area contributed by atoms with Crippen LogP contribution in [0.2, 0.25) is 0 Å². The van der Waals surface area contributed by atoms with Gasteiger partial charge in [-0.25, -0.2) is 4.99 Å². The molecule has 0 saturated carbocycles. The van der Waals surface area contributed by atoms with Crippen molar-refractivity contribution >= 4 is 17.5 Å². The Balaban J connectivity index is 1.63. The molecule has 3 aromatic rings. The Morgan fingerprint density at radius 2 is 1.71 bits per heavy atom. The normalized spacial score (nSPS) is 16.1. The fourth-order valence-electron chi connectivity index (χ4n) is 3.64. The lowest BCUT2D eigenvalue weighted by atomic mass is 10.0. The van der Waals surface area contributed by atoms with Gasteiger partial charge in [0.15, 0.2) is 0 Å². The van der Waals surface area contributed by atoms with E-state index in [1.807, 2.05) is 62.3 Å². The van der Waals surface area contributed by atoms with Crippen molar-refractivity contribution in [3.05, 3.63) is 89.9 Å². The number of pyridine rings is 1. The molecule has 1 aromatic heterocycles. The predicted octanol–water partition coefficient (Wildman–Crippen LogP) is 4.94. The Morgan fingerprint density at radius 1 is 1.00 bits per heavy atom. The van der Waals surface area contributed by atoms with E-state index in [0.717, 1.165) is 33.7 Å². The summed E-state index contributed by atoms with van der Waals surface area (Å²) in [6.07, 6.45) is 7.53. The fraction of sp³-hybridized carbons (Fsp3) is 0.185. The molecule has 2 heterocycles. The van der Waals surface area contributed by atoms with Crippen LogP contribution in [0.3, 0.4) is 0 Å². The van der Waals surface area contributed by atoms with Gasteiger partial charge in [-0.1, -0.05) is 0 Å². The van der Waals surface area contributed by atoms with E-state index in [2.05, 4.69) is 33.5 Å². The SMILES string of the molecule is Cc1cc(-c2ccncc2)cc(C)c1O/C1=N/C(Nc2ccc(C#N)cc2)=NC/C=C\N(C)C1. The third-order valence-electron chi connectivity index (χ3n) is 5.29. The van der Waals surface area contributed by atoms with E-state index in [9.17, 15) is 0 Å². The maximum atomic E-state index is 9.03. The van der Waals surface area contributed by atoms with E-state index in [4.69, 9.17) is 15.0 Å². The number of rotatable bonds is 3. The zero-order valence-electron chi connectivity index (χ0n) is 19.5. The molecule has 0 aliphatic carbocycles. The molecule has 1 aliphatic heterocycles. The first-order chi connectivity index (χ1) is 16.5. The van der Waals surface area contributed by atoms with Gasteiger partial charge in [-0.3, -0.25) is 4.98 Å². The highest BCUT2D eigenvalue weighted by atomic mass is 16.5. The number of guanidine groups is 1. The zero-order chi connectivity index (χ0) is 23.9. The van der Waals surface area contributed by atoms with Gasteiger partial charge in [-0.05, 0) is 96.9 Å². The Morgan fingerprint density at radius 3 is 2.38 bits per heavy atom. The van der Waals surface area contributed by atoms with Crippen LogP contribution in [0.4, 0.5) is 5.69 Å². The summed E-state index contributed by atoms with van der Waals surface area (Å²) in [6, 6.07) is 17.5. The van der Waals surface area contributed by atoms with Gasteiger partial charge in [-0.2, -0.15) is 10.3 Å². The lowest BCUT2D eigenvalue weighted by molar-refractivity contribution is 0.455. The van der Waals surface area contributed by atoms with Gasteiger partial charge >= 0.3 is 0 Å². The minimum absolute atomic E-state index is 0.448. The highest BCUT2D eigenvalue weighted by Crippen LogP contribution is 2.30. The Labute approximate surface area is 199 Å². The average molecular weight is 451 g/mol. The molecule has 2 aromatic carbocycles. The Kier molecular flexibility index (Phi) is 6.99. The monoisotopic (exact) mass is 450 g/mol. The Bertz CT molecular complexity index is 1260. The van der Waals surface area contributed by atoms with Gasteiger partial charge < -0.3 is 15.0 Å². The van der Waals surface area contributed by atoms with Crippen LogP contribution in [0.5, 0.6) is 5.75 Å². The van der Waals surface area contributed by atoms with Gasteiger partial charge in [0, 0.05) is 25.1 Å². The van der Waals surface area contributed by atoms with E-state index in [1.54, 1.807) is 24.5 Å². The zero-order valence-corrected chi connectivity index (χ0v) is 19.5. The molecule has 4 rings (SSSR count). The summed E-state index contributed by atoms with van der Waals surface area (Å²) < 4.78 is 6.37.